The molecule has 0 amide bonds. The van der Waals surface area contributed by atoms with Gasteiger partial charge < -0.3 is 28.4 Å². The van der Waals surface area contributed by atoms with Crippen molar-refractivity contribution in [2.75, 3.05) is 7.11 Å². The first-order valence-corrected chi connectivity index (χ1v) is 9.92. The van der Waals surface area contributed by atoms with Crippen molar-refractivity contribution in [3.8, 4) is 0 Å². The number of methoxy groups -OCH3 is 1. The first kappa shape index (κ1) is 22.9. The van der Waals surface area contributed by atoms with Crippen LogP contribution in [0.4, 0.5) is 0 Å². The van der Waals surface area contributed by atoms with E-state index in [-0.39, 0.29) is 18.8 Å². The van der Waals surface area contributed by atoms with Gasteiger partial charge in [0.1, 0.15) is 18.3 Å². The fraction of sp³-hybridized carbons (Fsp3) is 0.500. The Hall–Kier alpha value is -2.75. The summed E-state index contributed by atoms with van der Waals surface area (Å²) in [5.74, 6) is -1.33. The normalized spacial score (nSPS) is 30.4. The molecular formula is C22H26O9. The quantitative estimate of drug-likeness (QED) is 0.593. The molecule has 1 saturated heterocycles. The summed E-state index contributed by atoms with van der Waals surface area (Å²) in [4.78, 5) is 35.6. The van der Waals surface area contributed by atoms with E-state index >= 15 is 0 Å². The van der Waals surface area contributed by atoms with E-state index < -0.39 is 48.7 Å². The third-order valence-corrected chi connectivity index (χ3v) is 4.93. The number of ketones is 1. The summed E-state index contributed by atoms with van der Waals surface area (Å²) < 4.78 is 34.0. The smallest absolute Gasteiger partial charge is 0.303 e. The molecule has 9 nitrogen and oxygen atoms in total. The highest BCUT2D eigenvalue weighted by atomic mass is 16.7. The highest BCUT2D eigenvalue weighted by molar-refractivity contribution is 5.90. The fourth-order valence-corrected chi connectivity index (χ4v) is 3.65. The topological polar surface area (TPSA) is 107 Å². The van der Waals surface area contributed by atoms with Crippen LogP contribution in [0.25, 0.3) is 0 Å². The third kappa shape index (κ3) is 5.90. The molecule has 9 heteroatoms. The molecule has 31 heavy (non-hydrogen) atoms. The van der Waals surface area contributed by atoms with E-state index in [9.17, 15) is 14.4 Å². The summed E-state index contributed by atoms with van der Waals surface area (Å²) in [6.45, 7) is 2.65. The van der Waals surface area contributed by atoms with E-state index in [4.69, 9.17) is 28.4 Å². The average Bonchev–Trinajstić information content (AvgIpc) is 2.73. The van der Waals surface area contributed by atoms with Crippen molar-refractivity contribution in [3.63, 3.8) is 0 Å². The van der Waals surface area contributed by atoms with Crippen molar-refractivity contribution in [1.82, 2.24) is 0 Å². The van der Waals surface area contributed by atoms with Gasteiger partial charge in [0, 0.05) is 27.0 Å². The zero-order valence-corrected chi connectivity index (χ0v) is 17.6. The van der Waals surface area contributed by atoms with E-state index in [0.717, 1.165) is 5.56 Å². The van der Waals surface area contributed by atoms with Gasteiger partial charge >= 0.3 is 11.9 Å². The average molecular weight is 434 g/mol. The Bertz CT molecular complexity index is 806. The molecule has 0 N–H and O–H groups in total. The van der Waals surface area contributed by atoms with Gasteiger partial charge in [-0.25, -0.2) is 0 Å². The largest absolute Gasteiger partial charge is 0.495 e. The summed E-state index contributed by atoms with van der Waals surface area (Å²) in [7, 11) is 1.38. The lowest BCUT2D eigenvalue weighted by Crippen LogP contribution is -2.64. The molecule has 2 aliphatic rings. The molecule has 0 radical (unpaired) electrons. The standard InChI is InChI=1S/C22H26O9/c1-13(23)29-20-19(28-12-15-7-5-4-6-8-15)18(17-11-16(25)9-10-27-17)31-22(26-3)21(20)30-14(2)24/h4-10,17-22H,11-12H2,1-3H3/t17?,18-,19-,20+,21+,22+/m1/s1. The lowest BCUT2D eigenvalue weighted by molar-refractivity contribution is -0.316. The second-order valence-electron chi connectivity index (χ2n) is 7.26. The van der Waals surface area contributed by atoms with Gasteiger partial charge in [-0.3, -0.25) is 14.4 Å². The lowest BCUT2D eigenvalue weighted by atomic mass is 9.91. The molecule has 0 bridgehead atoms. The van der Waals surface area contributed by atoms with Crippen LogP contribution in [0.1, 0.15) is 25.8 Å². The maximum absolute atomic E-state index is 12.0. The van der Waals surface area contributed by atoms with Gasteiger partial charge in [-0.2, -0.15) is 0 Å². The van der Waals surface area contributed by atoms with Crippen molar-refractivity contribution in [3.05, 3.63) is 48.2 Å². The Kier molecular flexibility index (Phi) is 7.78. The number of esters is 2. The van der Waals surface area contributed by atoms with Gasteiger partial charge in [0.25, 0.3) is 0 Å². The number of ether oxygens (including phenoxy) is 6. The SMILES string of the molecule is CO[C@H]1O[C@H](C2CC(=O)C=CO2)[C@@H](OCc2ccccc2)[C@H](OC(C)=O)[C@@H]1OC(C)=O. The minimum atomic E-state index is -1.07. The Morgan fingerprint density at radius 3 is 2.32 bits per heavy atom. The van der Waals surface area contributed by atoms with E-state index in [1.807, 2.05) is 30.3 Å². The molecule has 2 aliphatic heterocycles. The Morgan fingerprint density at radius 1 is 1.03 bits per heavy atom. The van der Waals surface area contributed by atoms with Crippen LogP contribution in [-0.4, -0.2) is 61.6 Å². The van der Waals surface area contributed by atoms with Crippen molar-refractivity contribution in [2.24, 2.45) is 0 Å². The van der Waals surface area contributed by atoms with Gasteiger partial charge in [0.15, 0.2) is 24.3 Å². The van der Waals surface area contributed by atoms with Crippen LogP contribution < -0.4 is 0 Å². The Labute approximate surface area is 180 Å². The van der Waals surface area contributed by atoms with Crippen LogP contribution in [0, 0.1) is 0 Å². The maximum Gasteiger partial charge on any atom is 0.303 e. The van der Waals surface area contributed by atoms with Gasteiger partial charge in [0.2, 0.25) is 0 Å². The summed E-state index contributed by atoms with van der Waals surface area (Å²) in [5.41, 5.74) is 0.876. The molecule has 0 saturated carbocycles. The van der Waals surface area contributed by atoms with Gasteiger partial charge in [-0.15, -0.1) is 0 Å². The zero-order valence-electron chi connectivity index (χ0n) is 17.6. The van der Waals surface area contributed by atoms with Crippen molar-refractivity contribution in [2.45, 2.75) is 63.7 Å². The van der Waals surface area contributed by atoms with Crippen LogP contribution in [0.15, 0.2) is 42.7 Å². The van der Waals surface area contributed by atoms with E-state index in [1.165, 1.54) is 33.3 Å². The summed E-state index contributed by atoms with van der Waals surface area (Å²) in [5, 5.41) is 0. The number of benzene rings is 1. The van der Waals surface area contributed by atoms with Crippen molar-refractivity contribution >= 4 is 17.7 Å². The second-order valence-corrected chi connectivity index (χ2v) is 7.26. The molecule has 1 aromatic carbocycles. The third-order valence-electron chi connectivity index (χ3n) is 4.93. The van der Waals surface area contributed by atoms with Crippen LogP contribution >= 0.6 is 0 Å². The molecule has 0 spiro atoms. The molecule has 168 valence electrons. The molecule has 6 atom stereocenters. The zero-order chi connectivity index (χ0) is 22.4. The number of carbonyl (C=O) groups excluding carboxylic acids is 3. The van der Waals surface area contributed by atoms with Gasteiger partial charge in [-0.05, 0) is 5.56 Å². The number of hydrogen-bond acceptors (Lipinski definition) is 9. The van der Waals surface area contributed by atoms with E-state index in [1.54, 1.807) is 0 Å². The Balaban J connectivity index is 1.93. The van der Waals surface area contributed by atoms with E-state index in [0.29, 0.717) is 0 Å². The summed E-state index contributed by atoms with van der Waals surface area (Å²) in [6.07, 6.45) is -2.92. The first-order chi connectivity index (χ1) is 14.9. The van der Waals surface area contributed by atoms with Crippen LogP contribution in [0.5, 0.6) is 0 Å². The molecule has 1 aromatic rings. The lowest BCUT2D eigenvalue weighted by Gasteiger charge is -2.46. The van der Waals surface area contributed by atoms with Gasteiger partial charge in [0.05, 0.1) is 19.3 Å². The van der Waals surface area contributed by atoms with Gasteiger partial charge in [-0.1, -0.05) is 30.3 Å². The molecule has 1 fully saturated rings. The molecule has 3 rings (SSSR count). The summed E-state index contributed by atoms with van der Waals surface area (Å²) in [6, 6.07) is 9.38. The fourth-order valence-electron chi connectivity index (χ4n) is 3.65. The molecular weight excluding hydrogens is 408 g/mol. The monoisotopic (exact) mass is 434 g/mol. The number of rotatable bonds is 7. The molecule has 1 unspecified atom stereocenters. The number of allylic oxidation sites excluding steroid dienone is 1. The van der Waals surface area contributed by atoms with Crippen LogP contribution in [0.2, 0.25) is 0 Å². The molecule has 0 aliphatic carbocycles. The predicted octanol–water partition coefficient (Wildman–Crippen LogP) is 1.68. The highest BCUT2D eigenvalue weighted by Gasteiger charge is 2.54. The van der Waals surface area contributed by atoms with Crippen LogP contribution in [0.3, 0.4) is 0 Å². The predicted molar refractivity (Wildman–Crippen MR) is 105 cm³/mol. The minimum absolute atomic E-state index is 0.0494. The highest BCUT2D eigenvalue weighted by Crippen LogP contribution is 2.33. The molecule has 0 aromatic heterocycles. The number of carbonyl (C=O) groups is 3. The van der Waals surface area contributed by atoms with Crippen molar-refractivity contribution < 1.29 is 42.8 Å². The maximum atomic E-state index is 12.0. The number of hydrogen-bond donors (Lipinski definition) is 0. The van der Waals surface area contributed by atoms with Crippen LogP contribution in [-0.2, 0) is 49.4 Å². The summed E-state index contributed by atoms with van der Waals surface area (Å²) >= 11 is 0. The minimum Gasteiger partial charge on any atom is -0.495 e. The van der Waals surface area contributed by atoms with E-state index in [2.05, 4.69) is 0 Å². The molecule has 2 heterocycles. The Morgan fingerprint density at radius 2 is 1.71 bits per heavy atom. The van der Waals surface area contributed by atoms with Crippen molar-refractivity contribution in [1.29, 1.82) is 0 Å². The second kappa shape index (κ2) is 10.5. The first-order valence-electron chi connectivity index (χ1n) is 9.92.